The zero-order chi connectivity index (χ0) is 16.7. The van der Waals surface area contributed by atoms with E-state index in [1.54, 1.807) is 12.3 Å². The van der Waals surface area contributed by atoms with Crippen molar-refractivity contribution in [3.63, 3.8) is 0 Å². The van der Waals surface area contributed by atoms with Crippen LogP contribution in [0.2, 0.25) is 0 Å². The van der Waals surface area contributed by atoms with Crippen LogP contribution >= 0.6 is 15.9 Å². The predicted octanol–water partition coefficient (Wildman–Crippen LogP) is 3.07. The minimum atomic E-state index is -0.133. The molecule has 2 heterocycles. The lowest BCUT2D eigenvalue weighted by molar-refractivity contribution is -0.136. The van der Waals surface area contributed by atoms with Gasteiger partial charge in [-0.3, -0.25) is 9.59 Å². The summed E-state index contributed by atoms with van der Waals surface area (Å²) < 4.78 is 0.880. The van der Waals surface area contributed by atoms with Gasteiger partial charge in [0.25, 0.3) is 0 Å². The third kappa shape index (κ3) is 3.08. The number of nitrogens with zero attached hydrogens (tertiary/aromatic N) is 2. The van der Waals surface area contributed by atoms with Crippen molar-refractivity contribution in [2.75, 3.05) is 18.4 Å². The maximum absolute atomic E-state index is 12.7. The van der Waals surface area contributed by atoms with Crippen molar-refractivity contribution < 1.29 is 9.59 Å². The highest BCUT2D eigenvalue weighted by atomic mass is 79.9. The molecule has 3 aliphatic rings. The highest BCUT2D eigenvalue weighted by molar-refractivity contribution is 9.10. The van der Waals surface area contributed by atoms with Crippen molar-refractivity contribution in [1.82, 2.24) is 9.88 Å². The fourth-order valence-electron chi connectivity index (χ4n) is 4.47. The van der Waals surface area contributed by atoms with Crippen LogP contribution in [0.3, 0.4) is 0 Å². The Morgan fingerprint density at radius 3 is 2.67 bits per heavy atom. The number of pyridine rings is 1. The van der Waals surface area contributed by atoms with Crippen LogP contribution < -0.4 is 5.32 Å². The summed E-state index contributed by atoms with van der Waals surface area (Å²) in [6, 6.07) is 3.63. The molecule has 24 heavy (non-hydrogen) atoms. The van der Waals surface area contributed by atoms with E-state index in [9.17, 15) is 9.59 Å². The van der Waals surface area contributed by atoms with Crippen LogP contribution in [0.15, 0.2) is 22.8 Å². The quantitative estimate of drug-likeness (QED) is 0.860. The van der Waals surface area contributed by atoms with E-state index in [0.29, 0.717) is 30.1 Å². The molecule has 6 heteroatoms. The summed E-state index contributed by atoms with van der Waals surface area (Å²) in [5.74, 6) is 2.23. The average molecular weight is 392 g/mol. The van der Waals surface area contributed by atoms with E-state index >= 15 is 0 Å². The molecule has 0 bridgehead atoms. The second-order valence-corrected chi connectivity index (χ2v) is 8.17. The summed E-state index contributed by atoms with van der Waals surface area (Å²) in [4.78, 5) is 31.3. The van der Waals surface area contributed by atoms with Crippen molar-refractivity contribution in [2.24, 2.45) is 23.7 Å². The van der Waals surface area contributed by atoms with Crippen LogP contribution in [-0.2, 0) is 9.59 Å². The number of piperidine rings is 1. The van der Waals surface area contributed by atoms with Crippen LogP contribution in [-0.4, -0.2) is 34.8 Å². The molecule has 1 aromatic rings. The van der Waals surface area contributed by atoms with Gasteiger partial charge < -0.3 is 10.2 Å². The summed E-state index contributed by atoms with van der Waals surface area (Å²) in [5, 5.41) is 2.87. The molecule has 3 atom stereocenters. The molecule has 0 unspecified atom stereocenters. The molecule has 1 aromatic heterocycles. The minimum absolute atomic E-state index is 0.0293. The highest BCUT2D eigenvalue weighted by Gasteiger charge is 2.57. The number of hydrogen-bond acceptors (Lipinski definition) is 3. The summed E-state index contributed by atoms with van der Waals surface area (Å²) in [7, 11) is 0. The first-order valence-corrected chi connectivity index (χ1v) is 9.64. The SMILES string of the molecule is O=C(Nc1ccc(Br)cn1)[C@@H]1CCCN(C(=O)C2[C@@H]3CCC[C@@H]23)C1. The molecule has 4 rings (SSSR count). The van der Waals surface area contributed by atoms with E-state index in [-0.39, 0.29) is 17.7 Å². The lowest BCUT2D eigenvalue weighted by atomic mass is 9.96. The minimum Gasteiger partial charge on any atom is -0.342 e. The van der Waals surface area contributed by atoms with Gasteiger partial charge in [-0.05, 0) is 65.6 Å². The molecule has 1 aliphatic heterocycles. The Balaban J connectivity index is 1.35. The van der Waals surface area contributed by atoms with Gasteiger partial charge in [-0.25, -0.2) is 4.98 Å². The van der Waals surface area contributed by atoms with Crippen molar-refractivity contribution in [1.29, 1.82) is 0 Å². The number of rotatable bonds is 3. The molecule has 3 fully saturated rings. The Hall–Kier alpha value is -1.43. The van der Waals surface area contributed by atoms with Gasteiger partial charge in [0.1, 0.15) is 5.82 Å². The zero-order valence-corrected chi connectivity index (χ0v) is 15.2. The van der Waals surface area contributed by atoms with Crippen LogP contribution in [0.25, 0.3) is 0 Å². The van der Waals surface area contributed by atoms with Crippen molar-refractivity contribution in [2.45, 2.75) is 32.1 Å². The van der Waals surface area contributed by atoms with Crippen LogP contribution in [0.1, 0.15) is 32.1 Å². The number of nitrogens with one attached hydrogen (secondary N) is 1. The van der Waals surface area contributed by atoms with Gasteiger partial charge in [-0.15, -0.1) is 0 Å². The Labute approximate surface area is 150 Å². The second-order valence-electron chi connectivity index (χ2n) is 7.26. The number of likely N-dealkylation sites (tertiary alicyclic amines) is 1. The maximum Gasteiger partial charge on any atom is 0.230 e. The van der Waals surface area contributed by atoms with Gasteiger partial charge in [-0.1, -0.05) is 6.42 Å². The second kappa shape index (κ2) is 6.47. The molecule has 1 saturated heterocycles. The summed E-state index contributed by atoms with van der Waals surface area (Å²) in [6.07, 6.45) is 7.12. The molecule has 0 aromatic carbocycles. The van der Waals surface area contributed by atoms with E-state index in [1.807, 2.05) is 11.0 Å². The van der Waals surface area contributed by atoms with E-state index in [1.165, 1.54) is 19.3 Å². The van der Waals surface area contributed by atoms with E-state index in [2.05, 4.69) is 26.2 Å². The van der Waals surface area contributed by atoms with Crippen molar-refractivity contribution in [3.05, 3.63) is 22.8 Å². The smallest absolute Gasteiger partial charge is 0.230 e. The standard InChI is InChI=1S/C18H22BrN3O2/c19-12-6-7-15(20-9-12)21-17(23)11-3-2-8-22(10-11)18(24)16-13-4-1-5-14(13)16/h6-7,9,11,13-14,16H,1-5,8,10H2,(H,20,21,23)/t11-,13-,14-/m1/s1. The number of amides is 2. The number of halogens is 1. The number of anilines is 1. The van der Waals surface area contributed by atoms with E-state index in [4.69, 9.17) is 0 Å². The van der Waals surface area contributed by atoms with Crippen LogP contribution in [0.4, 0.5) is 5.82 Å². The topological polar surface area (TPSA) is 62.3 Å². The molecule has 5 nitrogen and oxygen atoms in total. The Kier molecular flexibility index (Phi) is 4.33. The van der Waals surface area contributed by atoms with Crippen molar-refractivity contribution >= 4 is 33.6 Å². The predicted molar refractivity (Wildman–Crippen MR) is 94.2 cm³/mol. The fraction of sp³-hybridized carbons (Fsp3) is 0.611. The number of carbonyl (C=O) groups excluding carboxylic acids is 2. The lowest BCUT2D eigenvalue weighted by Gasteiger charge is -2.32. The normalized spacial score (nSPS) is 31.5. The molecule has 128 valence electrons. The Morgan fingerprint density at radius 2 is 1.96 bits per heavy atom. The van der Waals surface area contributed by atoms with Crippen molar-refractivity contribution in [3.8, 4) is 0 Å². The zero-order valence-electron chi connectivity index (χ0n) is 13.6. The monoisotopic (exact) mass is 391 g/mol. The lowest BCUT2D eigenvalue weighted by Crippen LogP contribution is -2.44. The van der Waals surface area contributed by atoms with Gasteiger partial charge in [0.15, 0.2) is 0 Å². The number of aromatic nitrogens is 1. The van der Waals surface area contributed by atoms with Gasteiger partial charge in [-0.2, -0.15) is 0 Å². The summed E-state index contributed by atoms with van der Waals surface area (Å²) >= 11 is 3.33. The first-order valence-electron chi connectivity index (χ1n) is 8.84. The molecule has 2 saturated carbocycles. The molecule has 2 aliphatic carbocycles. The van der Waals surface area contributed by atoms with Gasteiger partial charge in [0.05, 0.1) is 5.92 Å². The third-order valence-corrected chi connectivity index (χ3v) is 6.24. The first-order chi connectivity index (χ1) is 11.6. The molecular formula is C18H22BrN3O2. The van der Waals surface area contributed by atoms with Gasteiger partial charge >= 0.3 is 0 Å². The molecule has 0 spiro atoms. The third-order valence-electron chi connectivity index (χ3n) is 5.77. The highest BCUT2D eigenvalue weighted by Crippen LogP contribution is 2.58. The Morgan fingerprint density at radius 1 is 1.17 bits per heavy atom. The molecule has 2 amide bonds. The molecule has 0 radical (unpaired) electrons. The number of hydrogen-bond donors (Lipinski definition) is 1. The van der Waals surface area contributed by atoms with Crippen LogP contribution in [0.5, 0.6) is 0 Å². The number of fused-ring (bicyclic) bond motifs is 1. The van der Waals surface area contributed by atoms with Crippen LogP contribution in [0, 0.1) is 23.7 Å². The largest absolute Gasteiger partial charge is 0.342 e. The van der Waals surface area contributed by atoms with Gasteiger partial charge in [0, 0.05) is 29.7 Å². The Bertz CT molecular complexity index is 638. The van der Waals surface area contributed by atoms with Gasteiger partial charge in [0.2, 0.25) is 11.8 Å². The van der Waals surface area contributed by atoms with E-state index in [0.717, 1.165) is 23.9 Å². The average Bonchev–Trinajstić information content (AvgIpc) is 3.07. The van der Waals surface area contributed by atoms with E-state index < -0.39 is 0 Å². The maximum atomic E-state index is 12.7. The number of carbonyl (C=O) groups is 2. The first kappa shape index (κ1) is 16.1. The molecule has 1 N–H and O–H groups in total. The fourth-order valence-corrected chi connectivity index (χ4v) is 4.70. The summed E-state index contributed by atoms with van der Waals surface area (Å²) in [6.45, 7) is 1.35. The summed E-state index contributed by atoms with van der Waals surface area (Å²) in [5.41, 5.74) is 0. The molecular weight excluding hydrogens is 370 g/mol.